The number of rotatable bonds is 5. The third-order valence-corrected chi connectivity index (χ3v) is 2.28. The minimum absolute atomic E-state index is 0.187. The average molecular weight is 251 g/mol. The Labute approximate surface area is 105 Å². The van der Waals surface area contributed by atoms with Crippen molar-refractivity contribution in [1.29, 1.82) is 0 Å². The van der Waals surface area contributed by atoms with Gasteiger partial charge in [0.1, 0.15) is 0 Å². The van der Waals surface area contributed by atoms with Gasteiger partial charge in [-0.3, -0.25) is 4.79 Å². The number of urea groups is 1. The highest BCUT2D eigenvalue weighted by Crippen LogP contribution is 2.19. The number of amides is 3. The van der Waals surface area contributed by atoms with E-state index in [-0.39, 0.29) is 5.91 Å². The molecule has 1 rings (SSSR count). The van der Waals surface area contributed by atoms with Crippen LogP contribution in [0, 0.1) is 0 Å². The number of nitrogens with two attached hydrogens (primary N) is 2. The fraction of sp³-hybridized carbons (Fsp3) is 0.273. The van der Waals surface area contributed by atoms with E-state index in [1.54, 1.807) is 25.2 Å². The molecule has 0 spiro atoms. The number of nitrogens with one attached hydrogen (secondary N) is 3. The van der Waals surface area contributed by atoms with Crippen LogP contribution in [-0.4, -0.2) is 32.1 Å². The van der Waals surface area contributed by atoms with Crippen LogP contribution < -0.4 is 27.4 Å². The summed E-state index contributed by atoms with van der Waals surface area (Å²) in [6.07, 6.45) is 0. The maximum absolute atomic E-state index is 11.4. The van der Waals surface area contributed by atoms with Gasteiger partial charge in [-0.1, -0.05) is 0 Å². The van der Waals surface area contributed by atoms with E-state index in [2.05, 4.69) is 16.0 Å². The van der Waals surface area contributed by atoms with E-state index in [0.717, 1.165) is 0 Å². The molecule has 1 aromatic rings. The van der Waals surface area contributed by atoms with Crippen molar-refractivity contribution in [2.75, 3.05) is 31.2 Å². The van der Waals surface area contributed by atoms with Crippen molar-refractivity contribution in [1.82, 2.24) is 10.6 Å². The lowest BCUT2D eigenvalue weighted by Gasteiger charge is -2.11. The van der Waals surface area contributed by atoms with E-state index in [1.807, 2.05) is 0 Å². The second-order valence-electron chi connectivity index (χ2n) is 3.60. The third-order valence-electron chi connectivity index (χ3n) is 2.28. The number of hydrogen-bond donors (Lipinski definition) is 5. The molecule has 0 bridgehead atoms. The van der Waals surface area contributed by atoms with Crippen LogP contribution in [0.5, 0.6) is 0 Å². The van der Waals surface area contributed by atoms with E-state index in [1.165, 1.54) is 0 Å². The van der Waals surface area contributed by atoms with Crippen molar-refractivity contribution in [2.45, 2.75) is 0 Å². The average Bonchev–Trinajstić information content (AvgIpc) is 2.35. The van der Waals surface area contributed by atoms with Crippen LogP contribution in [0.3, 0.4) is 0 Å². The topological polar surface area (TPSA) is 122 Å². The Balaban J connectivity index is 2.64. The fourth-order valence-corrected chi connectivity index (χ4v) is 1.38. The molecule has 0 radical (unpaired) electrons. The summed E-state index contributed by atoms with van der Waals surface area (Å²) in [6, 6.07) is 4.36. The number of carbonyl (C=O) groups excluding carboxylic acids is 2. The Morgan fingerprint density at radius 3 is 2.61 bits per heavy atom. The second kappa shape index (κ2) is 6.33. The Morgan fingerprint density at radius 2 is 2.00 bits per heavy atom. The molecule has 3 amide bonds. The van der Waals surface area contributed by atoms with Crippen molar-refractivity contribution in [3.8, 4) is 0 Å². The van der Waals surface area contributed by atoms with Gasteiger partial charge in [0, 0.05) is 25.7 Å². The molecule has 18 heavy (non-hydrogen) atoms. The SMILES string of the molecule is CNC(=O)c1ccc(N)c(NCCNC(N)=O)c1. The van der Waals surface area contributed by atoms with Gasteiger partial charge >= 0.3 is 6.03 Å². The summed E-state index contributed by atoms with van der Waals surface area (Å²) >= 11 is 0. The summed E-state index contributed by atoms with van der Waals surface area (Å²) < 4.78 is 0. The molecular formula is C11H17N5O2. The van der Waals surface area contributed by atoms with Gasteiger partial charge in [-0.05, 0) is 18.2 Å². The molecule has 0 saturated heterocycles. The zero-order valence-electron chi connectivity index (χ0n) is 10.1. The van der Waals surface area contributed by atoms with Gasteiger partial charge in [0.2, 0.25) is 0 Å². The molecule has 0 aliphatic heterocycles. The third kappa shape index (κ3) is 3.85. The van der Waals surface area contributed by atoms with Gasteiger partial charge in [0.25, 0.3) is 5.91 Å². The normalized spacial score (nSPS) is 9.61. The summed E-state index contributed by atoms with van der Waals surface area (Å²) in [4.78, 5) is 21.9. The molecular weight excluding hydrogens is 234 g/mol. The molecule has 0 heterocycles. The summed E-state index contributed by atoms with van der Waals surface area (Å²) in [6.45, 7) is 0.837. The predicted molar refractivity (Wildman–Crippen MR) is 70.3 cm³/mol. The van der Waals surface area contributed by atoms with Crippen LogP contribution in [0.25, 0.3) is 0 Å². The van der Waals surface area contributed by atoms with E-state index in [4.69, 9.17) is 11.5 Å². The minimum atomic E-state index is -0.580. The summed E-state index contributed by atoms with van der Waals surface area (Å²) in [5.41, 5.74) is 12.4. The highest BCUT2D eigenvalue weighted by molar-refractivity contribution is 5.96. The molecule has 7 nitrogen and oxygen atoms in total. The smallest absolute Gasteiger partial charge is 0.312 e. The first-order chi connectivity index (χ1) is 8.54. The Morgan fingerprint density at radius 1 is 1.28 bits per heavy atom. The monoisotopic (exact) mass is 251 g/mol. The van der Waals surface area contributed by atoms with Crippen molar-refractivity contribution >= 4 is 23.3 Å². The van der Waals surface area contributed by atoms with E-state index >= 15 is 0 Å². The summed E-state index contributed by atoms with van der Waals surface area (Å²) in [5.74, 6) is -0.187. The second-order valence-corrected chi connectivity index (χ2v) is 3.60. The molecule has 0 aliphatic rings. The Kier molecular flexibility index (Phi) is 4.79. The number of anilines is 2. The first kappa shape index (κ1) is 13.6. The fourth-order valence-electron chi connectivity index (χ4n) is 1.38. The van der Waals surface area contributed by atoms with Crippen LogP contribution in [0.15, 0.2) is 18.2 Å². The first-order valence-corrected chi connectivity index (χ1v) is 5.43. The van der Waals surface area contributed by atoms with Gasteiger partial charge in [-0.2, -0.15) is 0 Å². The molecule has 0 atom stereocenters. The molecule has 1 aromatic carbocycles. The molecule has 0 fully saturated rings. The number of primary amides is 1. The molecule has 0 aliphatic carbocycles. The standard InChI is InChI=1S/C11H17N5O2/c1-14-10(17)7-2-3-8(12)9(6-7)15-4-5-16-11(13)18/h2-3,6,15H,4-5,12H2,1H3,(H,14,17)(H3,13,16,18). The number of carbonyl (C=O) groups is 2. The van der Waals surface area contributed by atoms with Crippen LogP contribution in [-0.2, 0) is 0 Å². The van der Waals surface area contributed by atoms with Gasteiger partial charge in [0.05, 0.1) is 11.4 Å². The van der Waals surface area contributed by atoms with Crippen LogP contribution in [0.1, 0.15) is 10.4 Å². The zero-order chi connectivity index (χ0) is 13.5. The minimum Gasteiger partial charge on any atom is -0.397 e. The lowest BCUT2D eigenvalue weighted by atomic mass is 10.1. The molecule has 0 saturated carbocycles. The van der Waals surface area contributed by atoms with Crippen LogP contribution in [0.4, 0.5) is 16.2 Å². The summed E-state index contributed by atoms with van der Waals surface area (Å²) in [7, 11) is 1.56. The Bertz CT molecular complexity index is 447. The maximum atomic E-state index is 11.4. The van der Waals surface area contributed by atoms with Crippen LogP contribution in [0.2, 0.25) is 0 Å². The van der Waals surface area contributed by atoms with Gasteiger partial charge in [-0.15, -0.1) is 0 Å². The number of benzene rings is 1. The summed E-state index contributed by atoms with van der Waals surface area (Å²) in [5, 5.41) is 7.98. The molecule has 7 N–H and O–H groups in total. The largest absolute Gasteiger partial charge is 0.397 e. The Hall–Kier alpha value is -2.44. The van der Waals surface area contributed by atoms with Gasteiger partial charge in [-0.25, -0.2) is 4.79 Å². The van der Waals surface area contributed by atoms with E-state index < -0.39 is 6.03 Å². The van der Waals surface area contributed by atoms with Crippen molar-refractivity contribution in [2.24, 2.45) is 5.73 Å². The molecule has 0 unspecified atom stereocenters. The van der Waals surface area contributed by atoms with E-state index in [9.17, 15) is 9.59 Å². The van der Waals surface area contributed by atoms with Crippen molar-refractivity contribution in [3.05, 3.63) is 23.8 Å². The highest BCUT2D eigenvalue weighted by atomic mass is 16.2. The first-order valence-electron chi connectivity index (χ1n) is 5.43. The van der Waals surface area contributed by atoms with Gasteiger partial charge < -0.3 is 27.4 Å². The van der Waals surface area contributed by atoms with E-state index in [0.29, 0.717) is 30.0 Å². The molecule has 7 heteroatoms. The highest BCUT2D eigenvalue weighted by Gasteiger charge is 2.06. The van der Waals surface area contributed by atoms with Crippen molar-refractivity contribution in [3.63, 3.8) is 0 Å². The lowest BCUT2D eigenvalue weighted by Crippen LogP contribution is -2.33. The number of nitrogen functional groups attached to an aromatic ring is 1. The predicted octanol–water partition coefficient (Wildman–Crippen LogP) is -0.291. The van der Waals surface area contributed by atoms with Gasteiger partial charge in [0.15, 0.2) is 0 Å². The molecule has 0 aromatic heterocycles. The maximum Gasteiger partial charge on any atom is 0.312 e. The van der Waals surface area contributed by atoms with Crippen LogP contribution >= 0.6 is 0 Å². The lowest BCUT2D eigenvalue weighted by molar-refractivity contribution is 0.0963. The van der Waals surface area contributed by atoms with Crippen molar-refractivity contribution < 1.29 is 9.59 Å². The quantitative estimate of drug-likeness (QED) is 0.364. The zero-order valence-corrected chi connectivity index (χ0v) is 10.1. The molecule has 98 valence electrons. The number of hydrogen-bond acceptors (Lipinski definition) is 4.